The van der Waals surface area contributed by atoms with Gasteiger partial charge in [0.2, 0.25) is 0 Å². The summed E-state index contributed by atoms with van der Waals surface area (Å²) in [5.74, 6) is 0. The Morgan fingerprint density at radius 1 is 0.800 bits per heavy atom. The van der Waals surface area contributed by atoms with Crippen LogP contribution in [0.4, 0.5) is 0 Å². The van der Waals surface area contributed by atoms with E-state index in [-0.39, 0.29) is 39.5 Å². The Morgan fingerprint density at radius 2 is 0.800 bits per heavy atom. The van der Waals surface area contributed by atoms with Gasteiger partial charge >= 0.3 is 23.1 Å². The maximum atomic E-state index is 8.00. The van der Waals surface area contributed by atoms with E-state index in [1.54, 1.807) is 0 Å². The van der Waals surface area contributed by atoms with Gasteiger partial charge in [-0.25, -0.2) is 0 Å². The molecule has 0 atom stereocenters. The summed E-state index contributed by atoms with van der Waals surface area (Å²) in [5, 5.41) is 18.0. The van der Waals surface area contributed by atoms with Gasteiger partial charge < -0.3 is 36.7 Å². The van der Waals surface area contributed by atoms with Crippen LogP contribution < -0.4 is 0 Å². The summed E-state index contributed by atoms with van der Waals surface area (Å²) in [7, 11) is 0. The van der Waals surface area contributed by atoms with Crippen molar-refractivity contribution in [2.75, 3.05) is 0 Å². The van der Waals surface area contributed by atoms with Crippen molar-refractivity contribution in [3.8, 4) is 0 Å². The van der Waals surface area contributed by atoms with Crippen LogP contribution in [0.25, 0.3) is 0 Å². The third-order valence-corrected chi connectivity index (χ3v) is 0. The minimum atomic E-state index is 0. The molecule has 10 heavy (non-hydrogen) atoms. The van der Waals surface area contributed by atoms with E-state index in [1.165, 1.54) is 0 Å². The fourth-order valence-electron chi connectivity index (χ4n) is 0. The molecule has 9 nitrogen and oxygen atoms in total. The third-order valence-electron chi connectivity index (χ3n) is 0. The van der Waals surface area contributed by atoms with E-state index in [9.17, 15) is 0 Å². The Morgan fingerprint density at radius 3 is 0.800 bits per heavy atom. The van der Waals surface area contributed by atoms with E-state index in [2.05, 4.69) is 0 Å². The maximum Gasteiger partial charge on any atom is 2.00 e. The van der Waals surface area contributed by atoms with Crippen molar-refractivity contribution in [2.24, 2.45) is 10.7 Å². The molecule has 0 radical (unpaired) electrons. The molecule has 0 saturated carbocycles. The summed E-state index contributed by atoms with van der Waals surface area (Å²) in [6, 6.07) is 0. The van der Waals surface area contributed by atoms with Gasteiger partial charge in [-0.2, -0.15) is 0 Å². The van der Waals surface area contributed by atoms with Crippen LogP contribution >= 0.6 is 0 Å². The van der Waals surface area contributed by atoms with Crippen LogP contribution in [-0.4, -0.2) is 39.5 Å². The summed E-state index contributed by atoms with van der Waals surface area (Å²) >= 11 is 0. The molecular formula is H6MgN2O7. The molecule has 60 valence electrons. The van der Waals surface area contributed by atoms with Gasteiger partial charge in [-0.1, -0.05) is 0 Å². The molecule has 0 aliphatic carbocycles. The SMILES string of the molecule is O.O.O.O=N[O-].O=N[O-].[Mg+2]. The van der Waals surface area contributed by atoms with E-state index >= 15 is 0 Å². The van der Waals surface area contributed by atoms with Gasteiger partial charge in [-0.05, 0) is 0 Å². The normalized spacial score (nSPS) is 2.40. The Bertz CT molecular complexity index is 32.6. The predicted molar refractivity (Wildman–Crippen MR) is 34.9 cm³/mol. The average Bonchev–Trinajstić information content (AvgIpc) is 1.39. The monoisotopic (exact) mass is 170 g/mol. The molecule has 10 heteroatoms. The first kappa shape index (κ1) is 56.7. The van der Waals surface area contributed by atoms with E-state index < -0.39 is 0 Å². The summed E-state index contributed by atoms with van der Waals surface area (Å²) in [6.07, 6.45) is 0. The molecule has 0 saturated heterocycles. The van der Waals surface area contributed by atoms with Gasteiger partial charge in [0.15, 0.2) is 0 Å². The second-order valence-corrected chi connectivity index (χ2v) is 0.149. The molecule has 0 amide bonds. The average molecular weight is 170 g/mol. The van der Waals surface area contributed by atoms with E-state index in [1.807, 2.05) is 0 Å². The van der Waals surface area contributed by atoms with Gasteiger partial charge in [-0.15, -0.1) is 10.7 Å². The Kier molecular flexibility index (Phi) is 1270. The largest absolute Gasteiger partial charge is 2.00 e. The molecule has 0 rings (SSSR count). The molecule has 0 aromatic heterocycles. The Hall–Kier alpha value is -0.554. The van der Waals surface area contributed by atoms with Crippen LogP contribution in [0.3, 0.4) is 0 Å². The maximum absolute atomic E-state index is 8.00. The molecule has 0 bridgehead atoms. The van der Waals surface area contributed by atoms with Crippen LogP contribution in [0.1, 0.15) is 0 Å². The van der Waals surface area contributed by atoms with Crippen LogP contribution in [0.5, 0.6) is 0 Å². The molecule has 0 unspecified atom stereocenters. The van der Waals surface area contributed by atoms with Crippen molar-refractivity contribution in [3.05, 3.63) is 20.2 Å². The van der Waals surface area contributed by atoms with E-state index in [4.69, 9.17) is 20.2 Å². The number of nitrogens with zero attached hydrogens (tertiary/aromatic N) is 2. The second-order valence-electron chi connectivity index (χ2n) is 0.149. The van der Waals surface area contributed by atoms with Crippen molar-refractivity contribution in [2.45, 2.75) is 0 Å². The van der Waals surface area contributed by atoms with Gasteiger partial charge in [0.1, 0.15) is 0 Å². The zero-order chi connectivity index (χ0) is 5.41. The van der Waals surface area contributed by atoms with Gasteiger partial charge in [-0.3, -0.25) is 0 Å². The smallest absolute Gasteiger partial charge is 0.444 e. The zero-order valence-electron chi connectivity index (χ0n) is 4.73. The minimum Gasteiger partial charge on any atom is -0.444 e. The van der Waals surface area contributed by atoms with E-state index in [0.717, 1.165) is 10.7 Å². The Labute approximate surface area is 71.0 Å². The fourth-order valence-corrected chi connectivity index (χ4v) is 0. The standard InChI is InChI=1S/Mg.2HNO2.3H2O/c;2*2-1-3;;;/h;2*(H,2,3);3*1H2/q+2;;;;;/p-2. The van der Waals surface area contributed by atoms with Crippen LogP contribution in [0, 0.1) is 20.2 Å². The Balaban J connectivity index is -0.00000000571. The molecule has 0 aliphatic heterocycles. The van der Waals surface area contributed by atoms with Crippen molar-refractivity contribution in [1.29, 1.82) is 0 Å². The summed E-state index contributed by atoms with van der Waals surface area (Å²) in [6.45, 7) is 0. The minimum absolute atomic E-state index is 0. The first-order valence-electron chi connectivity index (χ1n) is 0.730. The van der Waals surface area contributed by atoms with Gasteiger partial charge in [0.05, 0.1) is 0 Å². The molecular weight excluding hydrogens is 164 g/mol. The predicted octanol–water partition coefficient (Wildman–Crippen LogP) is -2.35. The van der Waals surface area contributed by atoms with Crippen molar-refractivity contribution in [3.63, 3.8) is 0 Å². The fraction of sp³-hybridized carbons (Fsp3) is 0. The summed E-state index contributed by atoms with van der Waals surface area (Å²) in [4.78, 5) is 16.0. The molecule has 0 aromatic rings. The molecule has 0 fully saturated rings. The second kappa shape index (κ2) is 224. The summed E-state index contributed by atoms with van der Waals surface area (Å²) < 4.78 is 0. The quantitative estimate of drug-likeness (QED) is 0.222. The van der Waals surface area contributed by atoms with Gasteiger partial charge in [0.25, 0.3) is 0 Å². The number of rotatable bonds is 0. The molecule has 0 aliphatic rings. The first-order valence-corrected chi connectivity index (χ1v) is 0.730. The van der Waals surface area contributed by atoms with Crippen molar-refractivity contribution >= 4 is 23.1 Å². The third kappa shape index (κ3) is 1010. The zero-order valence-corrected chi connectivity index (χ0v) is 6.15. The summed E-state index contributed by atoms with van der Waals surface area (Å²) in [5.41, 5.74) is 0. The number of hydrogen-bond donors (Lipinski definition) is 0. The van der Waals surface area contributed by atoms with Crippen LogP contribution in [0.2, 0.25) is 0 Å². The molecule has 0 aromatic carbocycles. The topological polar surface area (TPSA) is 199 Å². The van der Waals surface area contributed by atoms with Crippen LogP contribution in [-0.2, 0) is 0 Å². The van der Waals surface area contributed by atoms with Crippen molar-refractivity contribution in [1.82, 2.24) is 0 Å². The molecule has 0 spiro atoms. The molecule has 6 N–H and O–H groups in total. The van der Waals surface area contributed by atoms with Crippen molar-refractivity contribution < 1.29 is 16.4 Å². The molecule has 0 heterocycles. The van der Waals surface area contributed by atoms with Crippen LogP contribution in [0.15, 0.2) is 10.7 Å². The van der Waals surface area contributed by atoms with Gasteiger partial charge in [0, 0.05) is 0 Å². The van der Waals surface area contributed by atoms with E-state index in [0.29, 0.717) is 0 Å². The first-order chi connectivity index (χ1) is 2.83. The number of hydrogen-bond acceptors (Lipinski definition) is 6.